The van der Waals surface area contributed by atoms with Crippen molar-refractivity contribution in [3.05, 3.63) is 0 Å². The highest BCUT2D eigenvalue weighted by Gasteiger charge is 1.44. The Morgan fingerprint density at radius 2 is 1.00 bits per heavy atom. The predicted molar refractivity (Wildman–Crippen MR) is 20.5 cm³/mol. The lowest BCUT2D eigenvalue weighted by Crippen LogP contribution is -1.34. The summed E-state index contributed by atoms with van der Waals surface area (Å²) >= 11 is 0. The summed E-state index contributed by atoms with van der Waals surface area (Å²) in [5.74, 6) is 0. The Bertz CT molecular complexity index is 4.85. The number of hydrogen-bond donors (Lipinski definition) is 0. The van der Waals surface area contributed by atoms with Crippen LogP contribution in [0.15, 0.2) is 0 Å². The third-order valence-electron chi connectivity index (χ3n) is 0. The first kappa shape index (κ1) is 20.9. The quantitative estimate of drug-likeness (QED) is 0.422. The first-order valence-corrected chi connectivity index (χ1v) is 0.535. The Morgan fingerprint density at radius 3 is 1.00 bits per heavy atom. The normalized spacial score (nSPS) is 3.60. The van der Waals surface area contributed by atoms with Crippen LogP contribution in [0.5, 0.6) is 0 Å². The fraction of sp³-hybridized carbons (Fsp3) is 1.00. The molecule has 0 nitrogen and oxygen atoms in total. The molecular weight excluding hydrogens is 74.0 g/mol. The van der Waals surface area contributed by atoms with Gasteiger partial charge in [-0.25, -0.2) is 8.78 Å². The molecule has 0 aromatic carbocycles. The van der Waals surface area contributed by atoms with Crippen LogP contribution >= 0.6 is 0 Å². The van der Waals surface area contributed by atoms with E-state index >= 15 is 0 Å². The van der Waals surface area contributed by atoms with E-state index < -0.39 is 6.93 Å². The van der Waals surface area contributed by atoms with Crippen LogP contribution in [0.1, 0.15) is 14.9 Å². The summed E-state index contributed by atoms with van der Waals surface area (Å²) in [5.41, 5.74) is 0. The Hall–Kier alpha value is -0.140. The van der Waals surface area contributed by atoms with Crippen molar-refractivity contribution < 1.29 is 8.78 Å². The summed E-state index contributed by atoms with van der Waals surface area (Å²) in [4.78, 5) is 0. The molecule has 0 N–H and O–H groups in total. The van der Waals surface area contributed by atoms with Gasteiger partial charge in [0.15, 0.2) is 0 Å². The topological polar surface area (TPSA) is 0 Å². The summed E-state index contributed by atoms with van der Waals surface area (Å²) in [6, 6.07) is 0. The van der Waals surface area contributed by atoms with E-state index in [1.807, 2.05) is 0 Å². The van der Waals surface area contributed by atoms with Gasteiger partial charge in [0.2, 0.25) is 6.93 Å². The summed E-state index contributed by atoms with van der Waals surface area (Å²) in [5, 5.41) is 0. The molecule has 0 spiro atoms. The molecule has 2 heteroatoms. The van der Waals surface area contributed by atoms with Gasteiger partial charge >= 0.3 is 0 Å². The maximum Gasteiger partial charge on any atom is 0.229 e. The number of rotatable bonds is 0. The zero-order valence-electron chi connectivity index (χ0n) is 1.46. The van der Waals surface area contributed by atoms with E-state index in [0.717, 1.165) is 0 Å². The van der Waals surface area contributed by atoms with E-state index in [1.165, 1.54) is 0 Å². The van der Waals surface area contributed by atoms with Crippen molar-refractivity contribution in [1.29, 1.82) is 0 Å². The minimum Gasteiger partial charge on any atom is -0.214 e. The fourth-order valence-corrected chi connectivity index (χ4v) is 0. The van der Waals surface area contributed by atoms with Gasteiger partial charge in [-0.1, -0.05) is 14.9 Å². The lowest BCUT2D eigenvalue weighted by molar-refractivity contribution is 0.295. The van der Waals surface area contributed by atoms with Crippen molar-refractivity contribution in [3.8, 4) is 0 Å². The molecule has 0 aromatic heterocycles. The van der Waals surface area contributed by atoms with Crippen LogP contribution in [0.2, 0.25) is 0 Å². The molecule has 0 aliphatic rings. The van der Waals surface area contributed by atoms with Crippen LogP contribution in [0, 0.1) is 0 Å². The van der Waals surface area contributed by atoms with Gasteiger partial charge in [0.1, 0.15) is 0 Å². The van der Waals surface area contributed by atoms with Gasteiger partial charge in [0, 0.05) is 0 Å². The molecular formula is C3H10F2. The van der Waals surface area contributed by atoms with Gasteiger partial charge < -0.3 is 0 Å². The maximum absolute atomic E-state index is 9.62. The van der Waals surface area contributed by atoms with E-state index in [-0.39, 0.29) is 14.9 Å². The van der Waals surface area contributed by atoms with Crippen LogP contribution in [0.4, 0.5) is 8.78 Å². The molecule has 0 saturated carbocycles. The minimum atomic E-state index is -1.75. The number of hydrogen-bond acceptors (Lipinski definition) is 0. The molecule has 0 heterocycles. The van der Waals surface area contributed by atoms with Crippen molar-refractivity contribution in [2.45, 2.75) is 14.9 Å². The molecule has 0 radical (unpaired) electrons. The highest BCUT2D eigenvalue weighted by molar-refractivity contribution is 3.57. The molecule has 0 aromatic rings. The van der Waals surface area contributed by atoms with Gasteiger partial charge in [-0.3, -0.25) is 0 Å². The van der Waals surface area contributed by atoms with Crippen molar-refractivity contribution >= 4 is 0 Å². The summed E-state index contributed by atoms with van der Waals surface area (Å²) in [6.07, 6.45) is 0. The van der Waals surface area contributed by atoms with Crippen LogP contribution in [-0.2, 0) is 0 Å². The third-order valence-corrected chi connectivity index (χ3v) is 0. The fourth-order valence-electron chi connectivity index (χ4n) is 0. The van der Waals surface area contributed by atoms with E-state index in [0.29, 0.717) is 0 Å². The van der Waals surface area contributed by atoms with Crippen LogP contribution in [0.3, 0.4) is 0 Å². The van der Waals surface area contributed by atoms with Crippen LogP contribution in [0.25, 0.3) is 0 Å². The Morgan fingerprint density at radius 1 is 1.00 bits per heavy atom. The zero-order chi connectivity index (χ0) is 2.71. The van der Waals surface area contributed by atoms with E-state index in [1.54, 1.807) is 0 Å². The third kappa shape index (κ3) is 681. The van der Waals surface area contributed by atoms with Gasteiger partial charge in [0.05, 0.1) is 0 Å². The molecule has 36 valence electrons. The van der Waals surface area contributed by atoms with Gasteiger partial charge in [-0.05, 0) is 0 Å². The minimum absolute atomic E-state index is 0. The highest BCUT2D eigenvalue weighted by Crippen LogP contribution is 1.56. The van der Waals surface area contributed by atoms with Crippen LogP contribution < -0.4 is 0 Å². The molecule has 0 aliphatic heterocycles. The molecule has 0 atom stereocenters. The lowest BCUT2D eigenvalue weighted by Gasteiger charge is -1.42. The molecule has 0 amide bonds. The van der Waals surface area contributed by atoms with Crippen molar-refractivity contribution in [2.24, 2.45) is 0 Å². The summed E-state index contributed by atoms with van der Waals surface area (Å²) < 4.78 is 19.2. The predicted octanol–water partition coefficient (Wildman–Crippen LogP) is 2.16. The highest BCUT2D eigenvalue weighted by atomic mass is 19.3. The summed E-state index contributed by atoms with van der Waals surface area (Å²) in [6.45, 7) is -1.75. The zero-order valence-corrected chi connectivity index (χ0v) is 1.46. The molecule has 0 fully saturated rings. The summed E-state index contributed by atoms with van der Waals surface area (Å²) in [7, 11) is 0. The number of alkyl halides is 2. The Kier molecular flexibility index (Phi) is 179. The van der Waals surface area contributed by atoms with Gasteiger partial charge in [-0.15, -0.1) is 0 Å². The van der Waals surface area contributed by atoms with E-state index in [2.05, 4.69) is 0 Å². The molecule has 0 aliphatic carbocycles. The average molecular weight is 84.1 g/mol. The SMILES string of the molecule is C.C.FCF. The first-order chi connectivity index (χ1) is 1.41. The number of halogens is 2. The van der Waals surface area contributed by atoms with Crippen molar-refractivity contribution in [2.75, 3.05) is 6.93 Å². The Balaban J connectivity index is -0.0000000200. The van der Waals surface area contributed by atoms with Gasteiger partial charge in [0.25, 0.3) is 0 Å². The molecule has 0 rings (SSSR count). The molecule has 5 heavy (non-hydrogen) atoms. The Labute approximate surface area is 31.8 Å². The largest absolute Gasteiger partial charge is 0.229 e. The smallest absolute Gasteiger partial charge is 0.214 e. The van der Waals surface area contributed by atoms with Crippen molar-refractivity contribution in [3.63, 3.8) is 0 Å². The molecule has 0 saturated heterocycles. The second-order valence-corrected chi connectivity index (χ2v) is 0.101. The molecule has 0 bridgehead atoms. The lowest BCUT2D eigenvalue weighted by atomic mass is 11.7. The van der Waals surface area contributed by atoms with E-state index in [4.69, 9.17) is 0 Å². The average Bonchev–Trinajstić information content (AvgIpc) is 0.918. The monoisotopic (exact) mass is 84.1 g/mol. The van der Waals surface area contributed by atoms with Crippen LogP contribution in [-0.4, -0.2) is 6.93 Å². The van der Waals surface area contributed by atoms with Gasteiger partial charge in [-0.2, -0.15) is 0 Å². The van der Waals surface area contributed by atoms with Crippen molar-refractivity contribution in [1.82, 2.24) is 0 Å². The maximum atomic E-state index is 9.62. The first-order valence-electron chi connectivity index (χ1n) is 0.535. The second kappa shape index (κ2) is 42.7. The standard InChI is InChI=1S/CH2F2.2CH4/c2-1-3;;/h1H2;2*1H4. The van der Waals surface area contributed by atoms with E-state index in [9.17, 15) is 8.78 Å². The molecule has 0 unspecified atom stereocenters. The second-order valence-electron chi connectivity index (χ2n) is 0.101.